The zero-order valence-corrected chi connectivity index (χ0v) is 7.77. The van der Waals surface area contributed by atoms with Gasteiger partial charge < -0.3 is 15.3 Å². The van der Waals surface area contributed by atoms with Gasteiger partial charge in [-0.25, -0.2) is 0 Å². The summed E-state index contributed by atoms with van der Waals surface area (Å²) in [5.41, 5.74) is 1.46. The van der Waals surface area contributed by atoms with Gasteiger partial charge in [0, 0.05) is 11.1 Å². The van der Waals surface area contributed by atoms with Crippen LogP contribution in [0.5, 0.6) is 11.8 Å². The molecular formula is C10H13NO3. The van der Waals surface area contributed by atoms with Gasteiger partial charge >= 0.3 is 0 Å². The highest BCUT2D eigenvalue weighted by Gasteiger charge is 2.21. The summed E-state index contributed by atoms with van der Waals surface area (Å²) >= 11 is 0. The van der Waals surface area contributed by atoms with E-state index in [-0.39, 0.29) is 24.9 Å². The highest BCUT2D eigenvalue weighted by atomic mass is 16.3. The van der Waals surface area contributed by atoms with Gasteiger partial charge in [0.15, 0.2) is 5.88 Å². The monoisotopic (exact) mass is 195 g/mol. The Kier molecular flexibility index (Phi) is 2.21. The van der Waals surface area contributed by atoms with Crippen molar-refractivity contribution in [3.8, 4) is 11.8 Å². The molecule has 0 saturated heterocycles. The standard InChI is InChI=1S/C10H13NO3/c12-6-5-11-9(13)7-3-1-2-4-8(7)10(11)14/h1,3,12-14H,2,4-6H2. The van der Waals surface area contributed by atoms with Crippen molar-refractivity contribution in [1.82, 2.24) is 4.57 Å². The molecule has 0 bridgehead atoms. The minimum absolute atomic E-state index is 0.0440. The Balaban J connectivity index is 2.53. The largest absolute Gasteiger partial charge is 0.494 e. The fourth-order valence-electron chi connectivity index (χ4n) is 1.83. The molecule has 3 N–H and O–H groups in total. The fourth-order valence-corrected chi connectivity index (χ4v) is 1.83. The predicted octanol–water partition coefficient (Wildman–Crippen LogP) is 0.851. The van der Waals surface area contributed by atoms with Gasteiger partial charge in [0.05, 0.1) is 13.2 Å². The van der Waals surface area contributed by atoms with Crippen LogP contribution >= 0.6 is 0 Å². The average Bonchev–Trinajstić information content (AvgIpc) is 2.45. The van der Waals surface area contributed by atoms with Gasteiger partial charge in [0.1, 0.15) is 0 Å². The lowest BCUT2D eigenvalue weighted by molar-refractivity contribution is 0.256. The molecule has 14 heavy (non-hydrogen) atoms. The normalized spacial score (nSPS) is 14.4. The number of aromatic nitrogens is 1. The van der Waals surface area contributed by atoms with E-state index in [0.29, 0.717) is 5.56 Å². The number of aliphatic hydroxyl groups excluding tert-OH is 1. The van der Waals surface area contributed by atoms with Crippen molar-refractivity contribution in [2.24, 2.45) is 0 Å². The molecule has 1 heterocycles. The van der Waals surface area contributed by atoms with Gasteiger partial charge in [-0.2, -0.15) is 0 Å². The molecular weight excluding hydrogens is 182 g/mol. The third-order valence-electron chi connectivity index (χ3n) is 2.52. The molecule has 0 aromatic carbocycles. The minimum atomic E-state index is -0.0988. The Morgan fingerprint density at radius 1 is 1.29 bits per heavy atom. The van der Waals surface area contributed by atoms with Crippen LogP contribution in [-0.4, -0.2) is 26.5 Å². The number of fused-ring (bicyclic) bond motifs is 1. The quantitative estimate of drug-likeness (QED) is 0.655. The predicted molar refractivity (Wildman–Crippen MR) is 52.2 cm³/mol. The van der Waals surface area contributed by atoms with Crippen LogP contribution in [0.2, 0.25) is 0 Å². The van der Waals surface area contributed by atoms with Crippen molar-refractivity contribution in [3.05, 3.63) is 17.2 Å². The highest BCUT2D eigenvalue weighted by molar-refractivity contribution is 5.65. The Morgan fingerprint density at radius 3 is 2.71 bits per heavy atom. The molecule has 2 rings (SSSR count). The van der Waals surface area contributed by atoms with Crippen LogP contribution in [0.1, 0.15) is 17.5 Å². The van der Waals surface area contributed by atoms with E-state index in [1.807, 2.05) is 12.2 Å². The van der Waals surface area contributed by atoms with E-state index in [1.54, 1.807) is 0 Å². The van der Waals surface area contributed by atoms with Crippen molar-refractivity contribution < 1.29 is 15.3 Å². The molecule has 1 aromatic heterocycles. The van der Waals surface area contributed by atoms with Crippen molar-refractivity contribution in [3.63, 3.8) is 0 Å². The Labute approximate surface area is 81.7 Å². The Bertz CT molecular complexity index is 379. The first-order valence-corrected chi connectivity index (χ1v) is 4.66. The lowest BCUT2D eigenvalue weighted by Gasteiger charge is -2.04. The van der Waals surface area contributed by atoms with E-state index < -0.39 is 0 Å². The van der Waals surface area contributed by atoms with Crippen LogP contribution in [0.15, 0.2) is 6.08 Å². The number of rotatable bonds is 2. The molecule has 0 saturated carbocycles. The first kappa shape index (κ1) is 9.15. The maximum atomic E-state index is 9.74. The molecule has 1 aliphatic rings. The summed E-state index contributed by atoms with van der Waals surface area (Å²) in [5, 5.41) is 28.2. The van der Waals surface area contributed by atoms with Gasteiger partial charge in [-0.15, -0.1) is 0 Å². The molecule has 0 amide bonds. The summed E-state index contributed by atoms with van der Waals surface area (Å²) in [6, 6.07) is 0. The molecule has 4 nitrogen and oxygen atoms in total. The average molecular weight is 195 g/mol. The molecule has 76 valence electrons. The number of hydrogen-bond donors (Lipinski definition) is 3. The van der Waals surface area contributed by atoms with Crippen LogP contribution in [0.3, 0.4) is 0 Å². The third kappa shape index (κ3) is 1.19. The Morgan fingerprint density at radius 2 is 2.07 bits per heavy atom. The molecule has 0 spiro atoms. The molecule has 0 aliphatic heterocycles. The molecule has 0 fully saturated rings. The van der Waals surface area contributed by atoms with Crippen molar-refractivity contribution in [2.75, 3.05) is 6.61 Å². The van der Waals surface area contributed by atoms with Gasteiger partial charge in [0.2, 0.25) is 5.88 Å². The molecule has 4 heteroatoms. The maximum absolute atomic E-state index is 9.74. The zero-order valence-electron chi connectivity index (χ0n) is 7.77. The van der Waals surface area contributed by atoms with Crippen LogP contribution < -0.4 is 0 Å². The number of aromatic hydroxyl groups is 2. The fraction of sp³-hybridized carbons (Fsp3) is 0.400. The van der Waals surface area contributed by atoms with E-state index in [0.717, 1.165) is 18.4 Å². The van der Waals surface area contributed by atoms with Crippen molar-refractivity contribution >= 4 is 6.08 Å². The third-order valence-corrected chi connectivity index (χ3v) is 2.52. The van der Waals surface area contributed by atoms with Crippen molar-refractivity contribution in [1.29, 1.82) is 0 Å². The Hall–Kier alpha value is -1.42. The van der Waals surface area contributed by atoms with Gasteiger partial charge in [0.25, 0.3) is 0 Å². The van der Waals surface area contributed by atoms with E-state index in [1.165, 1.54) is 4.57 Å². The summed E-state index contributed by atoms with van der Waals surface area (Å²) in [6.45, 7) is 0.122. The lowest BCUT2D eigenvalue weighted by atomic mass is 10.0. The highest BCUT2D eigenvalue weighted by Crippen LogP contribution is 2.37. The van der Waals surface area contributed by atoms with E-state index >= 15 is 0 Å². The minimum Gasteiger partial charge on any atom is -0.494 e. The molecule has 1 aromatic rings. The summed E-state index contributed by atoms with van der Waals surface area (Å²) in [7, 11) is 0. The first-order valence-electron chi connectivity index (χ1n) is 4.66. The zero-order chi connectivity index (χ0) is 10.1. The number of nitrogens with zero attached hydrogens (tertiary/aromatic N) is 1. The molecule has 0 radical (unpaired) electrons. The number of hydrogen-bond acceptors (Lipinski definition) is 3. The SMILES string of the molecule is OCCn1c(O)c2c(c1O)CCC=C2. The van der Waals surface area contributed by atoms with Crippen molar-refractivity contribution in [2.45, 2.75) is 19.4 Å². The summed E-state index contributed by atoms with van der Waals surface area (Å²) in [6.07, 6.45) is 5.39. The second-order valence-electron chi connectivity index (χ2n) is 3.36. The van der Waals surface area contributed by atoms with Crippen LogP contribution in [0, 0.1) is 0 Å². The summed E-state index contributed by atoms with van der Waals surface area (Å²) in [4.78, 5) is 0. The lowest BCUT2D eigenvalue weighted by Crippen LogP contribution is -2.00. The van der Waals surface area contributed by atoms with Gasteiger partial charge in [-0.05, 0) is 12.8 Å². The molecule has 0 atom stereocenters. The second kappa shape index (κ2) is 3.38. The summed E-state index contributed by atoms with van der Waals surface area (Å²) in [5.74, 6) is 0.124. The van der Waals surface area contributed by atoms with Crippen LogP contribution in [0.25, 0.3) is 6.08 Å². The van der Waals surface area contributed by atoms with Crippen LogP contribution in [-0.2, 0) is 13.0 Å². The summed E-state index contributed by atoms with van der Waals surface area (Å²) < 4.78 is 1.33. The smallest absolute Gasteiger partial charge is 0.201 e. The first-order chi connectivity index (χ1) is 6.75. The molecule has 0 unspecified atom stereocenters. The topological polar surface area (TPSA) is 65.6 Å². The van der Waals surface area contributed by atoms with Gasteiger partial charge in [-0.1, -0.05) is 12.2 Å². The number of aliphatic hydroxyl groups is 1. The molecule has 1 aliphatic carbocycles. The maximum Gasteiger partial charge on any atom is 0.201 e. The van der Waals surface area contributed by atoms with Gasteiger partial charge in [-0.3, -0.25) is 4.57 Å². The number of allylic oxidation sites excluding steroid dienone is 1. The van der Waals surface area contributed by atoms with E-state index in [4.69, 9.17) is 5.11 Å². The second-order valence-corrected chi connectivity index (χ2v) is 3.36. The van der Waals surface area contributed by atoms with E-state index in [9.17, 15) is 10.2 Å². The van der Waals surface area contributed by atoms with Crippen LogP contribution in [0.4, 0.5) is 0 Å². The van der Waals surface area contributed by atoms with E-state index in [2.05, 4.69) is 0 Å².